The lowest BCUT2D eigenvalue weighted by atomic mass is 10.1. The lowest BCUT2D eigenvalue weighted by Crippen LogP contribution is -2.54. The number of non-ortho nitro benzene ring substituents is 1. The number of sulfonamides is 1. The number of benzene rings is 2. The molecule has 10 nitrogen and oxygen atoms in total. The molecule has 0 bridgehead atoms. The van der Waals surface area contributed by atoms with Crippen molar-refractivity contribution in [3.05, 3.63) is 74.3 Å². The molecule has 2 aromatic rings. The SMILES string of the molecule is CC1CN(c2ccc([N+](=O)[O-])cc2[N+](=O)[O-])CCN1S(=O)(=O)Cc1ccccc1. The molecule has 1 unspecified atom stereocenters. The van der Waals surface area contributed by atoms with Crippen LogP contribution in [0.3, 0.4) is 0 Å². The molecule has 2 aromatic carbocycles. The number of anilines is 1. The Morgan fingerprint density at radius 3 is 2.31 bits per heavy atom. The molecule has 0 saturated carbocycles. The first-order valence-corrected chi connectivity index (χ1v) is 10.5. The highest BCUT2D eigenvalue weighted by atomic mass is 32.2. The summed E-state index contributed by atoms with van der Waals surface area (Å²) in [5.74, 6) is -0.115. The standard InChI is InChI=1S/C18H20N4O6S/c1-14-12-19(17-8-7-16(21(23)24)11-18(17)22(25)26)9-10-20(14)29(27,28)13-15-5-3-2-4-6-15/h2-8,11,14H,9-10,12-13H2,1H3. The van der Waals surface area contributed by atoms with Gasteiger partial charge in [0.2, 0.25) is 10.0 Å². The highest BCUT2D eigenvalue weighted by molar-refractivity contribution is 7.88. The maximum atomic E-state index is 12.8. The Labute approximate surface area is 167 Å². The van der Waals surface area contributed by atoms with Crippen LogP contribution in [-0.4, -0.2) is 48.2 Å². The summed E-state index contributed by atoms with van der Waals surface area (Å²) in [5.41, 5.74) is 0.199. The van der Waals surface area contributed by atoms with Crippen LogP contribution in [0.5, 0.6) is 0 Å². The molecule has 1 aliphatic heterocycles. The van der Waals surface area contributed by atoms with Crippen molar-refractivity contribution in [3.8, 4) is 0 Å². The van der Waals surface area contributed by atoms with Crippen molar-refractivity contribution in [1.29, 1.82) is 0 Å². The van der Waals surface area contributed by atoms with E-state index in [0.717, 1.165) is 6.07 Å². The second-order valence-electron chi connectivity index (χ2n) is 6.83. The van der Waals surface area contributed by atoms with Crippen LogP contribution in [0.15, 0.2) is 48.5 Å². The summed E-state index contributed by atoms with van der Waals surface area (Å²) in [7, 11) is -3.55. The molecule has 154 valence electrons. The Morgan fingerprint density at radius 2 is 1.72 bits per heavy atom. The van der Waals surface area contributed by atoms with Gasteiger partial charge in [0.1, 0.15) is 5.69 Å². The second kappa shape index (κ2) is 8.13. The molecule has 1 atom stereocenters. The first-order valence-electron chi connectivity index (χ1n) is 8.90. The molecule has 0 aliphatic carbocycles. The van der Waals surface area contributed by atoms with E-state index in [4.69, 9.17) is 0 Å². The molecule has 1 fully saturated rings. The Balaban J connectivity index is 1.80. The van der Waals surface area contributed by atoms with E-state index in [1.807, 2.05) is 6.07 Å². The van der Waals surface area contributed by atoms with Crippen LogP contribution in [0.4, 0.5) is 17.1 Å². The zero-order valence-electron chi connectivity index (χ0n) is 15.7. The number of nitrogens with zero attached hydrogens (tertiary/aromatic N) is 4. The minimum Gasteiger partial charge on any atom is -0.363 e. The van der Waals surface area contributed by atoms with Gasteiger partial charge in [-0.25, -0.2) is 8.42 Å². The number of nitro benzene ring substituents is 2. The summed E-state index contributed by atoms with van der Waals surface area (Å²) < 4.78 is 27.1. The van der Waals surface area contributed by atoms with Crippen LogP contribution in [0.2, 0.25) is 0 Å². The van der Waals surface area contributed by atoms with Crippen LogP contribution < -0.4 is 4.90 Å². The summed E-state index contributed by atoms with van der Waals surface area (Å²) in [6.07, 6.45) is 0. The quantitative estimate of drug-likeness (QED) is 0.519. The van der Waals surface area contributed by atoms with Gasteiger partial charge in [-0.1, -0.05) is 30.3 Å². The van der Waals surface area contributed by atoms with Gasteiger partial charge >= 0.3 is 0 Å². The van der Waals surface area contributed by atoms with Crippen molar-refractivity contribution in [2.75, 3.05) is 24.5 Å². The third-order valence-electron chi connectivity index (χ3n) is 4.82. The average molecular weight is 420 g/mol. The van der Waals surface area contributed by atoms with Crippen LogP contribution in [0, 0.1) is 20.2 Å². The minimum absolute atomic E-state index is 0.115. The van der Waals surface area contributed by atoms with Gasteiger partial charge in [-0.15, -0.1) is 0 Å². The van der Waals surface area contributed by atoms with Gasteiger partial charge in [-0.3, -0.25) is 20.2 Å². The van der Waals surface area contributed by atoms with E-state index in [0.29, 0.717) is 5.56 Å². The fraction of sp³-hybridized carbons (Fsp3) is 0.333. The van der Waals surface area contributed by atoms with Gasteiger partial charge in [-0.2, -0.15) is 4.31 Å². The van der Waals surface area contributed by atoms with Crippen molar-refractivity contribution in [2.45, 2.75) is 18.7 Å². The Bertz CT molecular complexity index is 1030. The Hall–Kier alpha value is -3.05. The van der Waals surface area contributed by atoms with E-state index >= 15 is 0 Å². The van der Waals surface area contributed by atoms with Crippen molar-refractivity contribution in [3.63, 3.8) is 0 Å². The molecule has 1 aliphatic rings. The number of hydrogen-bond donors (Lipinski definition) is 0. The van der Waals surface area contributed by atoms with E-state index in [1.54, 1.807) is 36.1 Å². The molecule has 11 heteroatoms. The fourth-order valence-electron chi connectivity index (χ4n) is 3.48. The van der Waals surface area contributed by atoms with Gasteiger partial charge in [0, 0.05) is 31.7 Å². The largest absolute Gasteiger partial charge is 0.363 e. The van der Waals surface area contributed by atoms with Crippen molar-refractivity contribution < 1.29 is 18.3 Å². The van der Waals surface area contributed by atoms with Gasteiger partial charge in [-0.05, 0) is 18.6 Å². The maximum Gasteiger partial charge on any atom is 0.299 e. The highest BCUT2D eigenvalue weighted by Gasteiger charge is 2.35. The fourth-order valence-corrected chi connectivity index (χ4v) is 5.23. The van der Waals surface area contributed by atoms with Gasteiger partial charge in [0.25, 0.3) is 11.4 Å². The van der Waals surface area contributed by atoms with Crippen molar-refractivity contribution in [1.82, 2.24) is 4.31 Å². The Morgan fingerprint density at radius 1 is 1.03 bits per heavy atom. The van der Waals surface area contributed by atoms with E-state index < -0.39 is 25.9 Å². The molecule has 0 spiro atoms. The van der Waals surface area contributed by atoms with Crippen LogP contribution in [-0.2, 0) is 15.8 Å². The summed E-state index contributed by atoms with van der Waals surface area (Å²) in [5, 5.41) is 22.3. The zero-order valence-corrected chi connectivity index (χ0v) is 16.5. The van der Waals surface area contributed by atoms with E-state index in [-0.39, 0.29) is 42.4 Å². The zero-order chi connectivity index (χ0) is 21.2. The summed E-state index contributed by atoms with van der Waals surface area (Å²) in [4.78, 5) is 22.7. The minimum atomic E-state index is -3.55. The monoisotopic (exact) mass is 420 g/mol. The summed E-state index contributed by atoms with van der Waals surface area (Å²) in [6.45, 7) is 2.40. The number of rotatable bonds is 6. The molecule has 0 N–H and O–H groups in total. The van der Waals surface area contributed by atoms with Crippen LogP contribution >= 0.6 is 0 Å². The first kappa shape index (κ1) is 20.7. The van der Waals surface area contributed by atoms with Crippen LogP contribution in [0.25, 0.3) is 0 Å². The van der Waals surface area contributed by atoms with E-state index in [9.17, 15) is 28.6 Å². The van der Waals surface area contributed by atoms with Gasteiger partial charge in [0.15, 0.2) is 0 Å². The second-order valence-corrected chi connectivity index (χ2v) is 8.76. The lowest BCUT2D eigenvalue weighted by molar-refractivity contribution is -0.393. The summed E-state index contributed by atoms with van der Waals surface area (Å²) in [6, 6.07) is 11.9. The van der Waals surface area contributed by atoms with Crippen molar-refractivity contribution >= 4 is 27.1 Å². The molecular formula is C18H20N4O6S. The van der Waals surface area contributed by atoms with Gasteiger partial charge < -0.3 is 4.90 Å². The van der Waals surface area contributed by atoms with Crippen LogP contribution in [0.1, 0.15) is 12.5 Å². The molecule has 29 heavy (non-hydrogen) atoms. The predicted octanol–water partition coefficient (Wildman–Crippen LogP) is 2.54. The molecule has 0 aromatic heterocycles. The molecule has 0 radical (unpaired) electrons. The highest BCUT2D eigenvalue weighted by Crippen LogP contribution is 2.33. The smallest absolute Gasteiger partial charge is 0.299 e. The maximum absolute atomic E-state index is 12.8. The molecule has 3 rings (SSSR count). The normalized spacial score (nSPS) is 17.8. The third-order valence-corrected chi connectivity index (χ3v) is 6.78. The third kappa shape index (κ3) is 4.51. The molecular weight excluding hydrogens is 400 g/mol. The van der Waals surface area contributed by atoms with Crippen molar-refractivity contribution in [2.24, 2.45) is 0 Å². The molecule has 1 saturated heterocycles. The first-order chi connectivity index (χ1) is 13.7. The number of hydrogen-bond acceptors (Lipinski definition) is 7. The molecule has 0 amide bonds. The number of piperazine rings is 1. The van der Waals surface area contributed by atoms with E-state index in [1.165, 1.54) is 16.4 Å². The average Bonchev–Trinajstić information content (AvgIpc) is 2.67. The molecule has 1 heterocycles. The topological polar surface area (TPSA) is 127 Å². The van der Waals surface area contributed by atoms with Gasteiger partial charge in [0.05, 0.1) is 21.7 Å². The number of nitro groups is 2. The summed E-state index contributed by atoms with van der Waals surface area (Å²) >= 11 is 0. The Kier molecular flexibility index (Phi) is 5.80. The lowest BCUT2D eigenvalue weighted by Gasteiger charge is -2.39. The predicted molar refractivity (Wildman–Crippen MR) is 107 cm³/mol. The van der Waals surface area contributed by atoms with E-state index in [2.05, 4.69) is 0 Å².